The van der Waals surface area contributed by atoms with E-state index in [-0.39, 0.29) is 24.4 Å². The zero-order valence-electron chi connectivity index (χ0n) is 7.11. The zero-order valence-corrected chi connectivity index (χ0v) is 7.11. The second kappa shape index (κ2) is 3.44. The van der Waals surface area contributed by atoms with Crippen LogP contribution in [0, 0.1) is 5.82 Å². The number of ether oxygens (including phenoxy) is 1. The average molecular weight is 182 g/mol. The Kier molecular flexibility index (Phi) is 2.29. The predicted molar refractivity (Wildman–Crippen MR) is 46.0 cm³/mol. The Bertz CT molecular complexity index is 297. The van der Waals surface area contributed by atoms with Crippen molar-refractivity contribution in [3.8, 4) is 0 Å². The Morgan fingerprint density at radius 3 is 2.77 bits per heavy atom. The van der Waals surface area contributed by atoms with Crippen LogP contribution in [0.25, 0.3) is 0 Å². The molecule has 1 aromatic carbocycles. The molecule has 1 N–H and O–H groups in total. The molecule has 2 nitrogen and oxygen atoms in total. The summed E-state index contributed by atoms with van der Waals surface area (Å²) in [5.41, 5.74) is 0.549. The molecule has 0 aromatic heterocycles. The Morgan fingerprint density at radius 2 is 2.23 bits per heavy atom. The van der Waals surface area contributed by atoms with E-state index < -0.39 is 0 Å². The van der Waals surface area contributed by atoms with Gasteiger partial charge in [0, 0.05) is 5.92 Å². The minimum atomic E-state index is -0.267. The molecule has 0 aliphatic carbocycles. The molecule has 1 heterocycles. The molecular weight excluding hydrogens is 171 g/mol. The molecule has 1 unspecified atom stereocenters. The van der Waals surface area contributed by atoms with Crippen molar-refractivity contribution in [2.75, 3.05) is 13.2 Å². The lowest BCUT2D eigenvalue weighted by molar-refractivity contribution is 0.233. The Balaban J connectivity index is 2.26. The number of aliphatic hydroxyl groups is 1. The first-order valence-corrected chi connectivity index (χ1v) is 4.30. The summed E-state index contributed by atoms with van der Waals surface area (Å²) >= 11 is 0. The van der Waals surface area contributed by atoms with Crippen molar-refractivity contribution in [1.29, 1.82) is 0 Å². The van der Waals surface area contributed by atoms with Crippen molar-refractivity contribution < 1.29 is 14.2 Å². The zero-order chi connectivity index (χ0) is 9.26. The summed E-state index contributed by atoms with van der Waals surface area (Å²) in [5.74, 6) is -0.474. The molecule has 2 atom stereocenters. The van der Waals surface area contributed by atoms with Gasteiger partial charge in [0.1, 0.15) is 5.82 Å². The Hall–Kier alpha value is -0.930. The number of hydrogen-bond donors (Lipinski definition) is 1. The van der Waals surface area contributed by atoms with E-state index in [0.717, 1.165) is 0 Å². The molecule has 0 spiro atoms. The summed E-state index contributed by atoms with van der Waals surface area (Å²) in [6, 6.07) is 6.50. The average Bonchev–Trinajstić information content (AvgIpc) is 2.93. The van der Waals surface area contributed by atoms with Crippen LogP contribution in [0.1, 0.15) is 11.5 Å². The molecule has 1 aliphatic heterocycles. The van der Waals surface area contributed by atoms with Gasteiger partial charge in [0.15, 0.2) is 0 Å². The predicted octanol–water partition coefficient (Wildman–Crippen LogP) is 1.30. The third-order valence-corrected chi connectivity index (χ3v) is 2.31. The van der Waals surface area contributed by atoms with Gasteiger partial charge in [0.05, 0.1) is 19.3 Å². The summed E-state index contributed by atoms with van der Waals surface area (Å²) in [6.45, 7) is 0.561. The SMILES string of the molecule is OC[C@@H](c1ccccc1F)C1CO1. The number of epoxide rings is 1. The van der Waals surface area contributed by atoms with E-state index in [1.165, 1.54) is 6.07 Å². The monoisotopic (exact) mass is 182 g/mol. The maximum Gasteiger partial charge on any atom is 0.126 e. The number of hydrogen-bond acceptors (Lipinski definition) is 2. The molecule has 0 amide bonds. The molecule has 13 heavy (non-hydrogen) atoms. The van der Waals surface area contributed by atoms with Gasteiger partial charge in [-0.2, -0.15) is 0 Å². The first-order valence-electron chi connectivity index (χ1n) is 4.30. The molecule has 1 fully saturated rings. The van der Waals surface area contributed by atoms with Gasteiger partial charge in [-0.15, -0.1) is 0 Å². The van der Waals surface area contributed by atoms with Gasteiger partial charge < -0.3 is 9.84 Å². The fraction of sp³-hybridized carbons (Fsp3) is 0.400. The van der Waals surface area contributed by atoms with Crippen LogP contribution in [0.3, 0.4) is 0 Å². The topological polar surface area (TPSA) is 32.8 Å². The third-order valence-electron chi connectivity index (χ3n) is 2.31. The fourth-order valence-electron chi connectivity index (χ4n) is 1.48. The number of rotatable bonds is 3. The maximum absolute atomic E-state index is 13.2. The van der Waals surface area contributed by atoms with Crippen molar-refractivity contribution in [3.63, 3.8) is 0 Å². The van der Waals surface area contributed by atoms with Crippen LogP contribution in [0.2, 0.25) is 0 Å². The fourth-order valence-corrected chi connectivity index (χ4v) is 1.48. The van der Waals surface area contributed by atoms with Crippen molar-refractivity contribution in [3.05, 3.63) is 35.6 Å². The van der Waals surface area contributed by atoms with E-state index in [0.29, 0.717) is 12.2 Å². The lowest BCUT2D eigenvalue weighted by Crippen LogP contribution is -2.12. The second-order valence-electron chi connectivity index (χ2n) is 3.18. The van der Waals surface area contributed by atoms with Crippen LogP contribution in [-0.2, 0) is 4.74 Å². The summed E-state index contributed by atoms with van der Waals surface area (Å²) in [7, 11) is 0. The smallest absolute Gasteiger partial charge is 0.126 e. The first-order chi connectivity index (χ1) is 6.33. The van der Waals surface area contributed by atoms with Crippen LogP contribution in [0.4, 0.5) is 4.39 Å². The van der Waals surface area contributed by atoms with E-state index in [4.69, 9.17) is 9.84 Å². The van der Waals surface area contributed by atoms with Crippen molar-refractivity contribution >= 4 is 0 Å². The van der Waals surface area contributed by atoms with Gasteiger partial charge in [-0.3, -0.25) is 0 Å². The minimum absolute atomic E-state index is 0.00176. The van der Waals surface area contributed by atoms with Crippen molar-refractivity contribution in [1.82, 2.24) is 0 Å². The largest absolute Gasteiger partial charge is 0.396 e. The molecule has 0 bridgehead atoms. The first kappa shape index (κ1) is 8.66. The van der Waals surface area contributed by atoms with Crippen LogP contribution in [-0.4, -0.2) is 24.4 Å². The third kappa shape index (κ3) is 1.71. The molecule has 1 aromatic rings. The molecule has 1 saturated heterocycles. The standard InChI is InChI=1S/C10H11FO2/c11-9-4-2-1-3-7(9)8(5-12)10-6-13-10/h1-4,8,10,12H,5-6H2/t8-,10?/m0/s1. The van der Waals surface area contributed by atoms with E-state index in [9.17, 15) is 4.39 Å². The van der Waals surface area contributed by atoms with Gasteiger partial charge in [0.2, 0.25) is 0 Å². The van der Waals surface area contributed by atoms with E-state index in [1.54, 1.807) is 18.2 Å². The highest BCUT2D eigenvalue weighted by Gasteiger charge is 2.34. The van der Waals surface area contributed by atoms with Crippen molar-refractivity contribution in [2.24, 2.45) is 0 Å². The highest BCUT2D eigenvalue weighted by molar-refractivity contribution is 5.24. The van der Waals surface area contributed by atoms with E-state index in [1.807, 2.05) is 0 Å². The van der Waals surface area contributed by atoms with Crippen LogP contribution in [0.5, 0.6) is 0 Å². The summed E-state index contributed by atoms with van der Waals surface area (Å²) in [4.78, 5) is 0. The van der Waals surface area contributed by atoms with Crippen LogP contribution in [0.15, 0.2) is 24.3 Å². The lowest BCUT2D eigenvalue weighted by atomic mass is 9.96. The molecule has 0 radical (unpaired) electrons. The molecular formula is C10H11FO2. The normalized spacial score (nSPS) is 22.8. The Morgan fingerprint density at radius 1 is 1.54 bits per heavy atom. The second-order valence-corrected chi connectivity index (χ2v) is 3.18. The van der Waals surface area contributed by atoms with Gasteiger partial charge >= 0.3 is 0 Å². The quantitative estimate of drug-likeness (QED) is 0.715. The number of aliphatic hydroxyl groups excluding tert-OH is 1. The summed E-state index contributed by atoms with van der Waals surface area (Å²) in [6.07, 6.45) is 0.00176. The molecule has 70 valence electrons. The minimum Gasteiger partial charge on any atom is -0.396 e. The van der Waals surface area contributed by atoms with Gasteiger partial charge in [-0.05, 0) is 11.6 Å². The van der Waals surface area contributed by atoms with E-state index in [2.05, 4.69) is 0 Å². The van der Waals surface area contributed by atoms with Crippen molar-refractivity contribution in [2.45, 2.75) is 12.0 Å². The molecule has 3 heteroatoms. The Labute approximate surface area is 76.0 Å². The van der Waals surface area contributed by atoms with Gasteiger partial charge in [-0.1, -0.05) is 18.2 Å². The summed E-state index contributed by atoms with van der Waals surface area (Å²) < 4.78 is 18.3. The molecule has 0 saturated carbocycles. The number of benzene rings is 1. The number of halogens is 1. The highest BCUT2D eigenvalue weighted by Crippen LogP contribution is 2.30. The maximum atomic E-state index is 13.2. The molecule has 1 aliphatic rings. The molecule has 2 rings (SSSR count). The lowest BCUT2D eigenvalue weighted by Gasteiger charge is -2.11. The van der Waals surface area contributed by atoms with Crippen LogP contribution < -0.4 is 0 Å². The van der Waals surface area contributed by atoms with Gasteiger partial charge in [-0.25, -0.2) is 4.39 Å². The summed E-state index contributed by atoms with van der Waals surface area (Å²) in [5, 5.41) is 9.07. The van der Waals surface area contributed by atoms with Gasteiger partial charge in [0.25, 0.3) is 0 Å². The van der Waals surface area contributed by atoms with Crippen LogP contribution >= 0.6 is 0 Å². The highest BCUT2D eigenvalue weighted by atomic mass is 19.1. The van der Waals surface area contributed by atoms with E-state index >= 15 is 0 Å².